The van der Waals surface area contributed by atoms with Crippen molar-refractivity contribution >= 4 is 17.3 Å². The summed E-state index contributed by atoms with van der Waals surface area (Å²) in [7, 11) is 2.17. The van der Waals surface area contributed by atoms with E-state index in [9.17, 15) is 0 Å². The molecule has 3 aliphatic heterocycles. The third-order valence-corrected chi connectivity index (χ3v) is 7.34. The monoisotopic (exact) mass is 479 g/mol. The maximum Gasteiger partial charge on any atom is 0.151 e. The number of anilines is 1. The molecule has 8 heteroatoms. The number of hydrogen-bond donors (Lipinski definition) is 0. The van der Waals surface area contributed by atoms with Crippen LogP contribution in [0.25, 0.3) is 16.8 Å². The van der Waals surface area contributed by atoms with Crippen molar-refractivity contribution in [3.8, 4) is 22.6 Å². The van der Waals surface area contributed by atoms with Crippen LogP contribution in [0.15, 0.2) is 42.6 Å². The van der Waals surface area contributed by atoms with Gasteiger partial charge in [0.2, 0.25) is 0 Å². The van der Waals surface area contributed by atoms with Gasteiger partial charge in [-0.1, -0.05) is 23.7 Å². The zero-order valence-corrected chi connectivity index (χ0v) is 20.3. The minimum absolute atomic E-state index is 0.468. The van der Waals surface area contributed by atoms with Crippen molar-refractivity contribution in [2.24, 2.45) is 0 Å². The average Bonchev–Trinajstić information content (AvgIpc) is 3.27. The molecule has 34 heavy (non-hydrogen) atoms. The molecule has 1 aromatic heterocycles. The molecule has 0 amide bonds. The highest BCUT2D eigenvalue weighted by Crippen LogP contribution is 2.37. The highest BCUT2D eigenvalue weighted by atomic mass is 35.5. The fourth-order valence-corrected chi connectivity index (χ4v) is 5.27. The van der Waals surface area contributed by atoms with Crippen molar-refractivity contribution in [1.82, 2.24) is 19.4 Å². The summed E-state index contributed by atoms with van der Waals surface area (Å²) >= 11 is 6.77. The fraction of sp³-hybridized carbons (Fsp3) is 0.423. The molecule has 2 fully saturated rings. The number of benzene rings is 2. The first-order chi connectivity index (χ1) is 16.6. The summed E-state index contributed by atoms with van der Waals surface area (Å²) < 4.78 is 13.7. The van der Waals surface area contributed by atoms with E-state index in [4.69, 9.17) is 26.1 Å². The molecular formula is C26H30ClN5O2. The van der Waals surface area contributed by atoms with Crippen LogP contribution in [-0.4, -0.2) is 78.9 Å². The molecule has 0 unspecified atom stereocenters. The van der Waals surface area contributed by atoms with Gasteiger partial charge in [-0.2, -0.15) is 0 Å². The quantitative estimate of drug-likeness (QED) is 0.569. The van der Waals surface area contributed by atoms with Gasteiger partial charge in [0.25, 0.3) is 0 Å². The number of fused-ring (bicyclic) bond motifs is 3. The van der Waals surface area contributed by atoms with Crippen LogP contribution < -0.4 is 9.64 Å². The number of rotatable bonds is 4. The Hall–Kier alpha value is -2.58. The number of halogens is 1. The van der Waals surface area contributed by atoms with Crippen LogP contribution in [-0.2, 0) is 17.9 Å². The Kier molecular flexibility index (Phi) is 5.95. The predicted molar refractivity (Wildman–Crippen MR) is 134 cm³/mol. The van der Waals surface area contributed by atoms with E-state index < -0.39 is 0 Å². The molecule has 0 N–H and O–H groups in total. The summed E-state index contributed by atoms with van der Waals surface area (Å²) in [6, 6.07) is 12.7. The molecule has 178 valence electrons. The van der Waals surface area contributed by atoms with Gasteiger partial charge in [0, 0.05) is 63.3 Å². The molecule has 0 radical (unpaired) electrons. The Balaban J connectivity index is 1.23. The number of ether oxygens (including phenoxy) is 2. The minimum atomic E-state index is 0.468. The third-order valence-electron chi connectivity index (χ3n) is 7.03. The fourth-order valence-electron chi connectivity index (χ4n) is 4.99. The Morgan fingerprint density at radius 3 is 2.59 bits per heavy atom. The van der Waals surface area contributed by atoms with E-state index in [2.05, 4.69) is 68.9 Å². The molecule has 2 saturated heterocycles. The molecule has 0 aliphatic carbocycles. The van der Waals surface area contributed by atoms with Gasteiger partial charge in [-0.25, -0.2) is 4.98 Å². The number of aromatic nitrogens is 2. The van der Waals surface area contributed by atoms with E-state index in [-0.39, 0.29) is 0 Å². The normalized spacial score (nSPS) is 18.9. The summed E-state index contributed by atoms with van der Waals surface area (Å²) in [6.45, 7) is 9.00. The number of nitrogens with zero attached hydrogens (tertiary/aromatic N) is 5. The standard InChI is InChI=1S/C26H30ClN5O2/c1-29-6-8-31(9-7-29)21-3-4-22(23(27)15-21)19-2-5-24-25(14-19)34-18-26-28-20(17-32(24)26)16-30-10-12-33-13-11-30/h2-5,14-15,17H,6-13,16,18H2,1H3. The van der Waals surface area contributed by atoms with Gasteiger partial charge in [-0.05, 0) is 36.9 Å². The van der Waals surface area contributed by atoms with Crippen LogP contribution in [0.3, 0.4) is 0 Å². The van der Waals surface area contributed by atoms with Crippen molar-refractivity contribution in [3.63, 3.8) is 0 Å². The van der Waals surface area contributed by atoms with Crippen molar-refractivity contribution in [3.05, 3.63) is 59.1 Å². The number of hydrogen-bond acceptors (Lipinski definition) is 6. The number of morpholine rings is 1. The molecule has 0 atom stereocenters. The van der Waals surface area contributed by atoms with Gasteiger partial charge in [0.1, 0.15) is 12.4 Å². The summed E-state index contributed by atoms with van der Waals surface area (Å²) in [5, 5.41) is 0.767. The van der Waals surface area contributed by atoms with Crippen LogP contribution in [0.4, 0.5) is 5.69 Å². The molecule has 0 bridgehead atoms. The first-order valence-electron chi connectivity index (χ1n) is 12.0. The minimum Gasteiger partial charge on any atom is -0.483 e. The van der Waals surface area contributed by atoms with Crippen molar-refractivity contribution in [2.75, 3.05) is 64.4 Å². The number of imidazole rings is 1. The molecule has 6 rings (SSSR count). The average molecular weight is 480 g/mol. The van der Waals surface area contributed by atoms with Gasteiger partial charge in [0.05, 0.1) is 29.6 Å². The van der Waals surface area contributed by atoms with E-state index in [0.717, 1.165) is 98.1 Å². The van der Waals surface area contributed by atoms with Gasteiger partial charge in [-0.15, -0.1) is 0 Å². The molecule has 0 spiro atoms. The highest BCUT2D eigenvalue weighted by molar-refractivity contribution is 6.33. The third kappa shape index (κ3) is 4.29. The maximum absolute atomic E-state index is 6.77. The molecule has 3 aliphatic rings. The molecular weight excluding hydrogens is 450 g/mol. The van der Waals surface area contributed by atoms with Gasteiger partial charge < -0.3 is 19.3 Å². The van der Waals surface area contributed by atoms with E-state index in [0.29, 0.717) is 6.61 Å². The van der Waals surface area contributed by atoms with Crippen molar-refractivity contribution in [2.45, 2.75) is 13.2 Å². The second-order valence-corrected chi connectivity index (χ2v) is 9.74. The number of piperazine rings is 1. The summed E-state index contributed by atoms with van der Waals surface area (Å²) in [4.78, 5) is 12.0. The van der Waals surface area contributed by atoms with E-state index in [1.807, 2.05) is 0 Å². The van der Waals surface area contributed by atoms with Gasteiger partial charge in [0.15, 0.2) is 5.82 Å². The summed E-state index contributed by atoms with van der Waals surface area (Å²) in [5.74, 6) is 1.80. The second kappa shape index (κ2) is 9.23. The van der Waals surface area contributed by atoms with E-state index in [1.54, 1.807) is 0 Å². The van der Waals surface area contributed by atoms with E-state index >= 15 is 0 Å². The lowest BCUT2D eigenvalue weighted by Crippen LogP contribution is -2.44. The zero-order valence-electron chi connectivity index (χ0n) is 19.5. The van der Waals surface area contributed by atoms with E-state index in [1.165, 1.54) is 5.69 Å². The first kappa shape index (κ1) is 21.9. The Labute approximate surface area is 205 Å². The SMILES string of the molecule is CN1CCN(c2ccc(-c3ccc4c(c3)OCc3nc(CN5CCOCC5)cn3-4)c(Cl)c2)CC1. The van der Waals surface area contributed by atoms with Crippen molar-refractivity contribution in [1.29, 1.82) is 0 Å². The molecule has 2 aromatic carbocycles. The van der Waals surface area contributed by atoms with Gasteiger partial charge in [-0.3, -0.25) is 9.47 Å². The summed E-state index contributed by atoms with van der Waals surface area (Å²) in [6.07, 6.45) is 2.14. The first-order valence-corrected chi connectivity index (χ1v) is 12.4. The topological polar surface area (TPSA) is 46.0 Å². The Morgan fingerprint density at radius 1 is 0.971 bits per heavy atom. The Morgan fingerprint density at radius 2 is 1.79 bits per heavy atom. The van der Waals surface area contributed by atoms with Gasteiger partial charge >= 0.3 is 0 Å². The highest BCUT2D eigenvalue weighted by Gasteiger charge is 2.22. The van der Waals surface area contributed by atoms with Crippen LogP contribution in [0.5, 0.6) is 5.75 Å². The molecule has 7 nitrogen and oxygen atoms in total. The summed E-state index contributed by atoms with van der Waals surface area (Å²) in [5.41, 5.74) is 5.36. The Bertz CT molecular complexity index is 1180. The smallest absolute Gasteiger partial charge is 0.151 e. The van der Waals surface area contributed by atoms with Crippen LogP contribution in [0, 0.1) is 0 Å². The lowest BCUT2D eigenvalue weighted by Gasteiger charge is -2.34. The number of likely N-dealkylation sites (N-methyl/N-ethyl adjacent to an activating group) is 1. The second-order valence-electron chi connectivity index (χ2n) is 9.33. The maximum atomic E-state index is 6.77. The predicted octanol–water partition coefficient (Wildman–Crippen LogP) is 3.67. The van der Waals surface area contributed by atoms with Crippen molar-refractivity contribution < 1.29 is 9.47 Å². The lowest BCUT2D eigenvalue weighted by atomic mass is 10.0. The largest absolute Gasteiger partial charge is 0.483 e. The lowest BCUT2D eigenvalue weighted by molar-refractivity contribution is 0.0337. The zero-order chi connectivity index (χ0) is 23.1. The van der Waals surface area contributed by atoms with Crippen LogP contribution in [0.2, 0.25) is 5.02 Å². The molecule has 0 saturated carbocycles. The van der Waals surface area contributed by atoms with Crippen LogP contribution in [0.1, 0.15) is 11.5 Å². The molecule has 4 heterocycles. The molecule has 3 aromatic rings. The van der Waals surface area contributed by atoms with Crippen LogP contribution >= 0.6 is 11.6 Å².